The molecule has 142 valence electrons. The number of fused-ring (bicyclic) bond motifs is 1. The van der Waals surface area contributed by atoms with Crippen molar-refractivity contribution in [3.63, 3.8) is 0 Å². The molecule has 8 heteroatoms. The molecule has 7 nitrogen and oxygen atoms in total. The quantitative estimate of drug-likeness (QED) is 0.750. The Labute approximate surface area is 162 Å². The van der Waals surface area contributed by atoms with Crippen LogP contribution in [0.25, 0.3) is 0 Å². The molecule has 1 aromatic carbocycles. The van der Waals surface area contributed by atoms with Crippen LogP contribution in [0.2, 0.25) is 0 Å². The Bertz CT molecular complexity index is 873. The monoisotopic (exact) mass is 385 g/mol. The van der Waals surface area contributed by atoms with Gasteiger partial charge in [0, 0.05) is 66.6 Å². The second kappa shape index (κ2) is 7.74. The van der Waals surface area contributed by atoms with Crippen LogP contribution in [0.15, 0.2) is 18.2 Å². The zero-order valence-corrected chi connectivity index (χ0v) is 16.1. The number of anilines is 1. The third kappa shape index (κ3) is 3.72. The number of amides is 2. The number of hydrogen-bond donors (Lipinski definition) is 3. The predicted octanol–water partition coefficient (Wildman–Crippen LogP) is 1.81. The number of carbonyl (C=O) groups is 2. The van der Waals surface area contributed by atoms with Crippen molar-refractivity contribution in [2.45, 2.75) is 19.9 Å². The smallest absolute Gasteiger partial charge is 0.276 e. The number of H-pyrrole nitrogens is 1. The Morgan fingerprint density at radius 3 is 2.85 bits per heavy atom. The summed E-state index contributed by atoms with van der Waals surface area (Å²) in [4.78, 5) is 27.2. The molecule has 1 fully saturated rings. The summed E-state index contributed by atoms with van der Waals surface area (Å²) < 4.78 is 0. The SMILES string of the molecule is Cc1cc(C(=O)N2CCSCC2)ccc1NC(=O)c1n[nH]c2c1CNCC2. The second-order valence-corrected chi connectivity index (χ2v) is 8.07. The zero-order chi connectivity index (χ0) is 18.8. The summed E-state index contributed by atoms with van der Waals surface area (Å²) in [5.74, 6) is 1.80. The van der Waals surface area contributed by atoms with Crippen LogP contribution in [0.4, 0.5) is 5.69 Å². The molecule has 3 heterocycles. The Hall–Kier alpha value is -2.32. The summed E-state index contributed by atoms with van der Waals surface area (Å²) >= 11 is 1.88. The first-order valence-electron chi connectivity index (χ1n) is 9.19. The van der Waals surface area contributed by atoms with E-state index in [2.05, 4.69) is 20.8 Å². The standard InChI is InChI=1S/C19H23N5O2S/c1-12-10-13(19(26)24-6-8-27-9-7-24)2-3-15(12)21-18(25)17-14-11-20-5-4-16(14)22-23-17/h2-3,10,20H,4-9,11H2,1H3,(H,21,25)(H,22,23). The fraction of sp³-hybridized carbons (Fsp3) is 0.421. The highest BCUT2D eigenvalue weighted by atomic mass is 32.2. The van der Waals surface area contributed by atoms with Crippen molar-refractivity contribution in [3.8, 4) is 0 Å². The van der Waals surface area contributed by atoms with E-state index >= 15 is 0 Å². The minimum absolute atomic E-state index is 0.0590. The molecular weight excluding hydrogens is 362 g/mol. The number of carbonyl (C=O) groups excluding carboxylic acids is 2. The van der Waals surface area contributed by atoms with Gasteiger partial charge in [0.2, 0.25) is 0 Å². The van der Waals surface area contributed by atoms with Crippen molar-refractivity contribution >= 4 is 29.3 Å². The summed E-state index contributed by atoms with van der Waals surface area (Å²) in [5.41, 5.74) is 4.62. The third-order valence-electron chi connectivity index (χ3n) is 5.04. The van der Waals surface area contributed by atoms with Crippen LogP contribution in [-0.4, -0.2) is 58.1 Å². The van der Waals surface area contributed by atoms with Crippen molar-refractivity contribution in [2.24, 2.45) is 0 Å². The molecule has 0 spiro atoms. The van der Waals surface area contributed by atoms with Gasteiger partial charge in [-0.15, -0.1) is 0 Å². The van der Waals surface area contributed by atoms with Crippen LogP contribution >= 0.6 is 11.8 Å². The van der Waals surface area contributed by atoms with Gasteiger partial charge in [0.25, 0.3) is 11.8 Å². The highest BCUT2D eigenvalue weighted by molar-refractivity contribution is 7.99. The lowest BCUT2D eigenvalue weighted by atomic mass is 10.1. The van der Waals surface area contributed by atoms with E-state index in [-0.39, 0.29) is 11.8 Å². The van der Waals surface area contributed by atoms with E-state index in [0.717, 1.165) is 54.4 Å². The molecule has 0 radical (unpaired) electrons. The van der Waals surface area contributed by atoms with Crippen molar-refractivity contribution < 1.29 is 9.59 Å². The average Bonchev–Trinajstić information content (AvgIpc) is 3.14. The lowest BCUT2D eigenvalue weighted by molar-refractivity contribution is 0.0772. The van der Waals surface area contributed by atoms with Crippen molar-refractivity contribution in [1.29, 1.82) is 0 Å². The summed E-state index contributed by atoms with van der Waals surface area (Å²) in [6, 6.07) is 5.44. The van der Waals surface area contributed by atoms with Gasteiger partial charge >= 0.3 is 0 Å². The van der Waals surface area contributed by atoms with Gasteiger partial charge in [-0.3, -0.25) is 14.7 Å². The van der Waals surface area contributed by atoms with Crippen LogP contribution in [0, 0.1) is 6.92 Å². The van der Waals surface area contributed by atoms with Crippen LogP contribution in [-0.2, 0) is 13.0 Å². The topological polar surface area (TPSA) is 90.1 Å². The van der Waals surface area contributed by atoms with Crippen LogP contribution in [0.3, 0.4) is 0 Å². The van der Waals surface area contributed by atoms with E-state index < -0.39 is 0 Å². The maximum Gasteiger partial charge on any atom is 0.276 e. The molecule has 4 rings (SSSR count). The molecule has 27 heavy (non-hydrogen) atoms. The number of hydrogen-bond acceptors (Lipinski definition) is 5. The number of benzene rings is 1. The molecular formula is C19H23N5O2S. The third-order valence-corrected chi connectivity index (χ3v) is 5.98. The van der Waals surface area contributed by atoms with Gasteiger partial charge < -0.3 is 15.5 Å². The highest BCUT2D eigenvalue weighted by Crippen LogP contribution is 2.21. The van der Waals surface area contributed by atoms with Crippen LogP contribution in [0.1, 0.15) is 37.7 Å². The lowest BCUT2D eigenvalue weighted by Crippen LogP contribution is -2.37. The number of rotatable bonds is 3. The van der Waals surface area contributed by atoms with E-state index in [9.17, 15) is 9.59 Å². The van der Waals surface area contributed by atoms with Gasteiger partial charge in [0.1, 0.15) is 0 Å². The molecule has 0 atom stereocenters. The summed E-state index contributed by atoms with van der Waals surface area (Å²) in [7, 11) is 0. The Morgan fingerprint density at radius 2 is 2.07 bits per heavy atom. The Balaban J connectivity index is 1.49. The molecule has 2 aliphatic rings. The molecule has 2 aromatic rings. The number of nitrogens with zero attached hydrogens (tertiary/aromatic N) is 2. The normalized spacial score (nSPS) is 16.7. The maximum atomic E-state index is 12.7. The van der Waals surface area contributed by atoms with E-state index in [1.54, 1.807) is 12.1 Å². The fourth-order valence-electron chi connectivity index (χ4n) is 3.48. The first-order valence-corrected chi connectivity index (χ1v) is 10.3. The molecule has 0 aliphatic carbocycles. The molecule has 1 saturated heterocycles. The second-order valence-electron chi connectivity index (χ2n) is 6.84. The average molecular weight is 385 g/mol. The lowest BCUT2D eigenvalue weighted by Gasteiger charge is -2.26. The summed E-state index contributed by atoms with van der Waals surface area (Å²) in [6.07, 6.45) is 0.848. The molecule has 3 N–H and O–H groups in total. The summed E-state index contributed by atoms with van der Waals surface area (Å²) in [5, 5.41) is 13.4. The van der Waals surface area contributed by atoms with E-state index in [1.165, 1.54) is 0 Å². The molecule has 2 aliphatic heterocycles. The van der Waals surface area contributed by atoms with Gasteiger partial charge in [0.15, 0.2) is 5.69 Å². The largest absolute Gasteiger partial charge is 0.337 e. The van der Waals surface area contributed by atoms with E-state index in [1.807, 2.05) is 29.7 Å². The van der Waals surface area contributed by atoms with Gasteiger partial charge in [-0.05, 0) is 30.7 Å². The van der Waals surface area contributed by atoms with Crippen LogP contribution in [0.5, 0.6) is 0 Å². The Kier molecular flexibility index (Phi) is 5.18. The first-order chi connectivity index (χ1) is 13.1. The number of aromatic amines is 1. The highest BCUT2D eigenvalue weighted by Gasteiger charge is 2.23. The van der Waals surface area contributed by atoms with Gasteiger partial charge in [-0.2, -0.15) is 16.9 Å². The predicted molar refractivity (Wildman–Crippen MR) is 106 cm³/mol. The van der Waals surface area contributed by atoms with Crippen LogP contribution < -0.4 is 10.6 Å². The number of nitrogens with one attached hydrogen (secondary N) is 3. The van der Waals surface area contributed by atoms with Gasteiger partial charge in [-0.25, -0.2) is 0 Å². The van der Waals surface area contributed by atoms with Crippen molar-refractivity contribution in [1.82, 2.24) is 20.4 Å². The first kappa shape index (κ1) is 18.1. The molecule has 0 saturated carbocycles. The zero-order valence-electron chi connectivity index (χ0n) is 15.3. The van der Waals surface area contributed by atoms with E-state index in [0.29, 0.717) is 23.5 Å². The summed E-state index contributed by atoms with van der Waals surface area (Å²) in [6.45, 7) is 5.02. The maximum absolute atomic E-state index is 12.7. The van der Waals surface area contributed by atoms with E-state index in [4.69, 9.17) is 0 Å². The molecule has 0 bridgehead atoms. The minimum Gasteiger partial charge on any atom is -0.337 e. The fourth-order valence-corrected chi connectivity index (χ4v) is 4.38. The Morgan fingerprint density at radius 1 is 1.26 bits per heavy atom. The number of aromatic nitrogens is 2. The van der Waals surface area contributed by atoms with Gasteiger partial charge in [-0.1, -0.05) is 0 Å². The van der Waals surface area contributed by atoms with Gasteiger partial charge in [0.05, 0.1) is 0 Å². The minimum atomic E-state index is -0.230. The number of aryl methyl sites for hydroxylation is 1. The van der Waals surface area contributed by atoms with Crippen molar-refractivity contribution in [3.05, 3.63) is 46.3 Å². The van der Waals surface area contributed by atoms with Crippen molar-refractivity contribution in [2.75, 3.05) is 36.5 Å². The molecule has 2 amide bonds. The molecule has 1 aromatic heterocycles. The number of thioether (sulfide) groups is 1. The molecule has 0 unspecified atom stereocenters.